The van der Waals surface area contributed by atoms with Gasteiger partial charge >= 0.3 is 0 Å². The monoisotopic (exact) mass is 283 g/mol. The van der Waals surface area contributed by atoms with Crippen molar-refractivity contribution in [1.29, 1.82) is 0 Å². The van der Waals surface area contributed by atoms with E-state index in [0.717, 1.165) is 6.07 Å². The van der Waals surface area contributed by atoms with Gasteiger partial charge in [0, 0.05) is 5.56 Å². The van der Waals surface area contributed by atoms with Gasteiger partial charge in [0.05, 0.1) is 6.04 Å². The predicted octanol–water partition coefficient (Wildman–Crippen LogP) is 3.86. The van der Waals surface area contributed by atoms with E-state index in [1.165, 1.54) is 24.3 Å². The quantitative estimate of drug-likeness (QED) is 0.666. The van der Waals surface area contributed by atoms with Gasteiger partial charge in [-0.3, -0.25) is 0 Å². The number of rotatable bonds is 3. The van der Waals surface area contributed by atoms with Crippen LogP contribution in [0.4, 0.5) is 17.6 Å². The molecule has 2 aromatic rings. The molecule has 5 heteroatoms. The van der Waals surface area contributed by atoms with Crippen molar-refractivity contribution in [3.05, 3.63) is 70.3 Å². The fourth-order valence-electron chi connectivity index (χ4n) is 2.11. The maximum absolute atomic E-state index is 13.8. The molecule has 0 saturated heterocycles. The molecule has 0 aliphatic rings. The van der Waals surface area contributed by atoms with Crippen LogP contribution in [-0.2, 0) is 0 Å². The molecule has 0 bridgehead atoms. The van der Waals surface area contributed by atoms with Crippen LogP contribution in [0.15, 0.2) is 30.3 Å². The number of nitrogens with one attached hydrogen (secondary N) is 1. The van der Waals surface area contributed by atoms with E-state index in [1.54, 1.807) is 14.0 Å². The van der Waals surface area contributed by atoms with Crippen LogP contribution in [-0.4, -0.2) is 7.05 Å². The molecule has 106 valence electrons. The molecule has 1 unspecified atom stereocenters. The normalized spacial score (nSPS) is 12.5. The molecule has 1 nitrogen and oxygen atoms in total. The van der Waals surface area contributed by atoms with E-state index in [-0.39, 0.29) is 11.4 Å². The Hall–Kier alpha value is -1.88. The van der Waals surface area contributed by atoms with Gasteiger partial charge in [0.2, 0.25) is 0 Å². The number of halogens is 4. The summed E-state index contributed by atoms with van der Waals surface area (Å²) in [5.41, 5.74) is 0.930. The first-order valence-corrected chi connectivity index (χ1v) is 6.02. The van der Waals surface area contributed by atoms with Crippen molar-refractivity contribution < 1.29 is 17.6 Å². The van der Waals surface area contributed by atoms with Crippen LogP contribution in [0.25, 0.3) is 0 Å². The molecular formula is C15H13F4N. The van der Waals surface area contributed by atoms with Crippen LogP contribution < -0.4 is 5.32 Å². The number of benzene rings is 2. The fraction of sp³-hybridized carbons (Fsp3) is 0.200. The van der Waals surface area contributed by atoms with Gasteiger partial charge in [0.15, 0.2) is 17.5 Å². The van der Waals surface area contributed by atoms with Crippen molar-refractivity contribution in [2.75, 3.05) is 7.05 Å². The van der Waals surface area contributed by atoms with Gasteiger partial charge in [-0.25, -0.2) is 17.6 Å². The summed E-state index contributed by atoms with van der Waals surface area (Å²) in [5.74, 6) is -4.38. The van der Waals surface area contributed by atoms with E-state index in [4.69, 9.17) is 0 Å². The highest BCUT2D eigenvalue weighted by atomic mass is 19.2. The van der Waals surface area contributed by atoms with Crippen LogP contribution in [0.5, 0.6) is 0 Å². The molecule has 1 atom stereocenters. The molecule has 2 rings (SSSR count). The topological polar surface area (TPSA) is 12.0 Å². The largest absolute Gasteiger partial charge is 0.309 e. The molecule has 0 spiro atoms. The molecule has 0 heterocycles. The second-order valence-electron chi connectivity index (χ2n) is 4.49. The van der Waals surface area contributed by atoms with Crippen molar-refractivity contribution in [3.8, 4) is 0 Å². The highest BCUT2D eigenvalue weighted by Crippen LogP contribution is 2.27. The van der Waals surface area contributed by atoms with E-state index in [0.29, 0.717) is 11.1 Å². The minimum absolute atomic E-state index is 0.0302. The second-order valence-corrected chi connectivity index (χ2v) is 4.49. The molecule has 0 saturated carbocycles. The second kappa shape index (κ2) is 5.63. The van der Waals surface area contributed by atoms with E-state index in [9.17, 15) is 17.6 Å². The molecule has 0 radical (unpaired) electrons. The Balaban J connectivity index is 2.52. The predicted molar refractivity (Wildman–Crippen MR) is 68.4 cm³/mol. The van der Waals surface area contributed by atoms with Crippen molar-refractivity contribution >= 4 is 0 Å². The molecular weight excluding hydrogens is 270 g/mol. The Morgan fingerprint density at radius 1 is 0.900 bits per heavy atom. The van der Waals surface area contributed by atoms with Crippen LogP contribution >= 0.6 is 0 Å². The standard InChI is InChI=1S/C15H13F4N/c1-8-7-9(3-5-11(8)16)15(20-2)10-4-6-12(17)14(19)13(10)18/h3-7,15,20H,1-2H3. The molecule has 0 aliphatic carbocycles. The van der Waals surface area contributed by atoms with Gasteiger partial charge in [0.25, 0.3) is 0 Å². The van der Waals surface area contributed by atoms with Crippen molar-refractivity contribution in [1.82, 2.24) is 5.32 Å². The average Bonchev–Trinajstić information content (AvgIpc) is 2.43. The van der Waals surface area contributed by atoms with Crippen LogP contribution in [0.1, 0.15) is 22.7 Å². The smallest absolute Gasteiger partial charge is 0.194 e. The third kappa shape index (κ3) is 2.54. The van der Waals surface area contributed by atoms with Crippen molar-refractivity contribution in [2.24, 2.45) is 0 Å². The summed E-state index contributed by atoms with van der Waals surface area (Å²) in [4.78, 5) is 0. The SMILES string of the molecule is CNC(c1ccc(F)c(C)c1)c1ccc(F)c(F)c1F. The van der Waals surface area contributed by atoms with E-state index >= 15 is 0 Å². The Labute approximate surface area is 114 Å². The maximum atomic E-state index is 13.8. The van der Waals surface area contributed by atoms with Crippen molar-refractivity contribution in [2.45, 2.75) is 13.0 Å². The van der Waals surface area contributed by atoms with Gasteiger partial charge < -0.3 is 5.32 Å². The highest BCUT2D eigenvalue weighted by Gasteiger charge is 2.21. The summed E-state index contributed by atoms with van der Waals surface area (Å²) < 4.78 is 53.4. The first-order valence-electron chi connectivity index (χ1n) is 6.02. The molecule has 2 aromatic carbocycles. The minimum Gasteiger partial charge on any atom is -0.309 e. The Bertz CT molecular complexity index is 640. The first-order chi connectivity index (χ1) is 9.45. The first kappa shape index (κ1) is 14.5. The zero-order valence-corrected chi connectivity index (χ0v) is 11.0. The fourth-order valence-corrected chi connectivity index (χ4v) is 2.11. The molecule has 0 aliphatic heterocycles. The lowest BCUT2D eigenvalue weighted by atomic mass is 9.96. The number of aryl methyl sites for hydroxylation is 1. The van der Waals surface area contributed by atoms with E-state index in [1.807, 2.05) is 0 Å². The van der Waals surface area contributed by atoms with Crippen LogP contribution in [0, 0.1) is 30.2 Å². The van der Waals surface area contributed by atoms with E-state index in [2.05, 4.69) is 5.32 Å². The lowest BCUT2D eigenvalue weighted by Crippen LogP contribution is -2.20. The zero-order valence-electron chi connectivity index (χ0n) is 11.0. The van der Waals surface area contributed by atoms with Crippen molar-refractivity contribution in [3.63, 3.8) is 0 Å². The third-order valence-corrected chi connectivity index (χ3v) is 3.18. The third-order valence-electron chi connectivity index (χ3n) is 3.18. The molecule has 0 aromatic heterocycles. The number of hydrogen-bond acceptors (Lipinski definition) is 1. The number of hydrogen-bond donors (Lipinski definition) is 1. The lowest BCUT2D eigenvalue weighted by Gasteiger charge is -2.19. The van der Waals surface area contributed by atoms with Gasteiger partial charge in [0.1, 0.15) is 5.82 Å². The summed E-state index contributed by atoms with van der Waals surface area (Å²) in [6, 6.07) is 5.63. The molecule has 20 heavy (non-hydrogen) atoms. The van der Waals surface area contributed by atoms with Gasteiger partial charge in [-0.2, -0.15) is 0 Å². The lowest BCUT2D eigenvalue weighted by molar-refractivity contribution is 0.435. The molecule has 0 fully saturated rings. The highest BCUT2D eigenvalue weighted by molar-refractivity contribution is 5.35. The Morgan fingerprint density at radius 2 is 1.55 bits per heavy atom. The minimum atomic E-state index is -1.51. The molecule has 1 N–H and O–H groups in total. The summed E-state index contributed by atoms with van der Waals surface area (Å²) in [7, 11) is 1.56. The summed E-state index contributed by atoms with van der Waals surface area (Å²) >= 11 is 0. The average molecular weight is 283 g/mol. The Morgan fingerprint density at radius 3 is 2.15 bits per heavy atom. The van der Waals surface area contributed by atoms with E-state index < -0.39 is 23.5 Å². The summed E-state index contributed by atoms with van der Waals surface area (Å²) in [6.45, 7) is 1.58. The van der Waals surface area contributed by atoms with Gasteiger partial charge in [-0.05, 0) is 37.2 Å². The van der Waals surface area contributed by atoms with Crippen LogP contribution in [0.2, 0.25) is 0 Å². The Kier molecular flexibility index (Phi) is 4.09. The summed E-state index contributed by atoms with van der Waals surface area (Å²) in [6.07, 6.45) is 0. The summed E-state index contributed by atoms with van der Waals surface area (Å²) in [5, 5.41) is 2.82. The molecule has 0 amide bonds. The zero-order chi connectivity index (χ0) is 14.9. The van der Waals surface area contributed by atoms with Crippen LogP contribution in [0.3, 0.4) is 0 Å². The van der Waals surface area contributed by atoms with Gasteiger partial charge in [-0.1, -0.05) is 18.2 Å². The maximum Gasteiger partial charge on any atom is 0.194 e. The van der Waals surface area contributed by atoms with Gasteiger partial charge in [-0.15, -0.1) is 0 Å².